The van der Waals surface area contributed by atoms with E-state index in [0.717, 1.165) is 23.1 Å². The lowest BCUT2D eigenvalue weighted by molar-refractivity contribution is -0.114. The Labute approximate surface area is 97.5 Å². The molecular weight excluding hydrogens is 254 g/mol. The third kappa shape index (κ3) is 2.69. The van der Waals surface area contributed by atoms with E-state index >= 15 is 0 Å². The van der Waals surface area contributed by atoms with Crippen molar-refractivity contribution >= 4 is 21.7 Å². The highest BCUT2D eigenvalue weighted by Gasteiger charge is 2.11. The van der Waals surface area contributed by atoms with Crippen molar-refractivity contribution in [3.05, 3.63) is 46.1 Å². The van der Waals surface area contributed by atoms with Crippen LogP contribution in [0.5, 0.6) is 0 Å². The number of nitrogens with one attached hydrogen (secondary N) is 1. The number of ketones is 1. The number of carbonyl (C=O) groups is 1. The minimum atomic E-state index is 0.227. The van der Waals surface area contributed by atoms with E-state index in [1.807, 2.05) is 18.2 Å². The standard InChI is InChI=1S/C12H12BrNO/c13-12-4-2-1-3-9(12)8-14-10-5-6-11(15)7-10/h1-4,7,14H,5-6,8H2. The molecule has 0 amide bonds. The number of allylic oxidation sites excluding steroid dienone is 2. The molecule has 78 valence electrons. The second-order valence-electron chi connectivity index (χ2n) is 3.58. The van der Waals surface area contributed by atoms with E-state index in [-0.39, 0.29) is 5.78 Å². The topological polar surface area (TPSA) is 29.1 Å². The van der Waals surface area contributed by atoms with Gasteiger partial charge in [-0.15, -0.1) is 0 Å². The lowest BCUT2D eigenvalue weighted by Gasteiger charge is -2.07. The predicted octanol–water partition coefficient (Wildman–Crippen LogP) is 2.79. The maximum Gasteiger partial charge on any atom is 0.157 e. The van der Waals surface area contributed by atoms with Crippen molar-refractivity contribution in [2.45, 2.75) is 19.4 Å². The van der Waals surface area contributed by atoms with Crippen LogP contribution in [0.3, 0.4) is 0 Å². The van der Waals surface area contributed by atoms with Crippen LogP contribution in [-0.2, 0) is 11.3 Å². The summed E-state index contributed by atoms with van der Waals surface area (Å²) in [5.74, 6) is 0.227. The Morgan fingerprint density at radius 2 is 2.07 bits per heavy atom. The quantitative estimate of drug-likeness (QED) is 0.911. The Morgan fingerprint density at radius 1 is 1.27 bits per heavy atom. The van der Waals surface area contributed by atoms with Gasteiger partial charge in [0, 0.05) is 29.2 Å². The van der Waals surface area contributed by atoms with Crippen LogP contribution in [0.1, 0.15) is 18.4 Å². The molecule has 0 radical (unpaired) electrons. The molecule has 2 rings (SSSR count). The van der Waals surface area contributed by atoms with Gasteiger partial charge in [0.25, 0.3) is 0 Å². The molecule has 15 heavy (non-hydrogen) atoms. The molecule has 3 heteroatoms. The van der Waals surface area contributed by atoms with Gasteiger partial charge in [-0.05, 0) is 18.1 Å². The highest BCUT2D eigenvalue weighted by molar-refractivity contribution is 9.10. The number of hydrogen-bond donors (Lipinski definition) is 1. The first kappa shape index (κ1) is 10.4. The van der Waals surface area contributed by atoms with Crippen molar-refractivity contribution in [2.75, 3.05) is 0 Å². The van der Waals surface area contributed by atoms with Gasteiger partial charge in [0.2, 0.25) is 0 Å². The number of carbonyl (C=O) groups excluding carboxylic acids is 1. The van der Waals surface area contributed by atoms with Gasteiger partial charge in [-0.2, -0.15) is 0 Å². The molecule has 0 bridgehead atoms. The molecule has 1 aromatic rings. The summed E-state index contributed by atoms with van der Waals surface area (Å²) in [6.45, 7) is 0.764. The van der Waals surface area contributed by atoms with Crippen LogP contribution in [0.15, 0.2) is 40.5 Å². The zero-order valence-electron chi connectivity index (χ0n) is 8.29. The first-order chi connectivity index (χ1) is 7.25. The normalized spacial score (nSPS) is 15.3. The van der Waals surface area contributed by atoms with Gasteiger partial charge >= 0.3 is 0 Å². The van der Waals surface area contributed by atoms with Crippen molar-refractivity contribution in [1.82, 2.24) is 5.32 Å². The van der Waals surface area contributed by atoms with E-state index in [1.54, 1.807) is 6.08 Å². The SMILES string of the molecule is O=C1C=C(NCc2ccccc2Br)CC1. The molecule has 1 aromatic carbocycles. The molecule has 0 atom stereocenters. The molecule has 0 fully saturated rings. The van der Waals surface area contributed by atoms with Gasteiger partial charge in [-0.25, -0.2) is 0 Å². The van der Waals surface area contributed by atoms with E-state index < -0.39 is 0 Å². The summed E-state index contributed by atoms with van der Waals surface area (Å²) in [7, 11) is 0. The molecule has 0 aliphatic heterocycles. The zero-order valence-corrected chi connectivity index (χ0v) is 9.88. The van der Waals surface area contributed by atoms with Crippen LogP contribution in [0.2, 0.25) is 0 Å². The average molecular weight is 266 g/mol. The second-order valence-corrected chi connectivity index (χ2v) is 4.44. The van der Waals surface area contributed by atoms with Gasteiger partial charge in [0.1, 0.15) is 0 Å². The van der Waals surface area contributed by atoms with Gasteiger partial charge in [-0.1, -0.05) is 34.1 Å². The first-order valence-corrected chi connectivity index (χ1v) is 5.76. The van der Waals surface area contributed by atoms with E-state index in [4.69, 9.17) is 0 Å². The highest BCUT2D eigenvalue weighted by atomic mass is 79.9. The van der Waals surface area contributed by atoms with Crippen LogP contribution in [0.25, 0.3) is 0 Å². The molecule has 0 unspecified atom stereocenters. The van der Waals surface area contributed by atoms with E-state index in [0.29, 0.717) is 6.42 Å². The summed E-state index contributed by atoms with van der Waals surface area (Å²) in [5.41, 5.74) is 2.26. The van der Waals surface area contributed by atoms with Crippen LogP contribution >= 0.6 is 15.9 Å². The summed E-state index contributed by atoms with van der Waals surface area (Å²) in [5, 5.41) is 3.28. The highest BCUT2D eigenvalue weighted by Crippen LogP contribution is 2.17. The van der Waals surface area contributed by atoms with Crippen molar-refractivity contribution < 1.29 is 4.79 Å². The third-order valence-corrected chi connectivity index (χ3v) is 3.21. The molecule has 1 aliphatic rings. The summed E-state index contributed by atoms with van der Waals surface area (Å²) >= 11 is 3.49. The summed E-state index contributed by atoms with van der Waals surface area (Å²) in [4.78, 5) is 11.0. The Kier molecular flexibility index (Phi) is 3.21. The fraction of sp³-hybridized carbons (Fsp3) is 0.250. The minimum Gasteiger partial charge on any atom is -0.384 e. The van der Waals surface area contributed by atoms with Crippen molar-refractivity contribution in [3.8, 4) is 0 Å². The summed E-state index contributed by atoms with van der Waals surface area (Å²) < 4.78 is 1.10. The fourth-order valence-electron chi connectivity index (χ4n) is 1.59. The molecule has 2 nitrogen and oxygen atoms in total. The fourth-order valence-corrected chi connectivity index (χ4v) is 2.01. The summed E-state index contributed by atoms with van der Waals surface area (Å²) in [6, 6.07) is 8.08. The Morgan fingerprint density at radius 3 is 2.73 bits per heavy atom. The van der Waals surface area contributed by atoms with Gasteiger partial charge in [-0.3, -0.25) is 4.79 Å². The molecular formula is C12H12BrNO. The lowest BCUT2D eigenvalue weighted by atomic mass is 10.2. The number of halogens is 1. The molecule has 0 saturated carbocycles. The van der Waals surface area contributed by atoms with Gasteiger partial charge in [0.15, 0.2) is 5.78 Å². The van der Waals surface area contributed by atoms with E-state index in [2.05, 4.69) is 27.3 Å². The average Bonchev–Trinajstić information content (AvgIpc) is 2.63. The van der Waals surface area contributed by atoms with E-state index in [1.165, 1.54) is 5.56 Å². The lowest BCUT2D eigenvalue weighted by Crippen LogP contribution is -2.11. The molecule has 0 spiro atoms. The predicted molar refractivity (Wildman–Crippen MR) is 63.3 cm³/mol. The molecule has 1 N–H and O–H groups in total. The zero-order chi connectivity index (χ0) is 10.7. The van der Waals surface area contributed by atoms with Crippen molar-refractivity contribution in [1.29, 1.82) is 0 Å². The Hall–Kier alpha value is -1.09. The largest absolute Gasteiger partial charge is 0.384 e. The molecule has 0 saturated heterocycles. The monoisotopic (exact) mass is 265 g/mol. The number of hydrogen-bond acceptors (Lipinski definition) is 2. The van der Waals surface area contributed by atoms with Crippen LogP contribution in [-0.4, -0.2) is 5.78 Å². The minimum absolute atomic E-state index is 0.227. The van der Waals surface area contributed by atoms with E-state index in [9.17, 15) is 4.79 Å². The number of rotatable bonds is 3. The van der Waals surface area contributed by atoms with Gasteiger partial charge in [0.05, 0.1) is 0 Å². The second kappa shape index (κ2) is 4.62. The van der Waals surface area contributed by atoms with Gasteiger partial charge < -0.3 is 5.32 Å². The molecule has 1 aliphatic carbocycles. The molecule has 0 heterocycles. The smallest absolute Gasteiger partial charge is 0.157 e. The third-order valence-electron chi connectivity index (χ3n) is 2.44. The van der Waals surface area contributed by atoms with Crippen molar-refractivity contribution in [3.63, 3.8) is 0 Å². The Balaban J connectivity index is 1.97. The maximum absolute atomic E-state index is 11.0. The number of benzene rings is 1. The Bertz CT molecular complexity index is 412. The van der Waals surface area contributed by atoms with Crippen molar-refractivity contribution in [2.24, 2.45) is 0 Å². The maximum atomic E-state index is 11.0. The summed E-state index contributed by atoms with van der Waals surface area (Å²) in [6.07, 6.45) is 3.21. The van der Waals surface area contributed by atoms with Crippen LogP contribution < -0.4 is 5.32 Å². The van der Waals surface area contributed by atoms with Crippen LogP contribution in [0.4, 0.5) is 0 Å². The van der Waals surface area contributed by atoms with Crippen LogP contribution in [0, 0.1) is 0 Å². The molecule has 0 aromatic heterocycles. The first-order valence-electron chi connectivity index (χ1n) is 4.96.